The zero-order valence-electron chi connectivity index (χ0n) is 19.2. The molecule has 0 unspecified atom stereocenters. The predicted molar refractivity (Wildman–Crippen MR) is 137 cm³/mol. The second-order valence-corrected chi connectivity index (χ2v) is 8.65. The summed E-state index contributed by atoms with van der Waals surface area (Å²) in [4.78, 5) is 25.4. The highest BCUT2D eigenvalue weighted by Gasteiger charge is 2.34. The number of para-hydroxylation sites is 2. The van der Waals surface area contributed by atoms with Gasteiger partial charge in [0.25, 0.3) is 11.8 Å². The topological polar surface area (TPSA) is 77.1 Å². The molecule has 0 radical (unpaired) electrons. The lowest BCUT2D eigenvalue weighted by atomic mass is 10.1. The molecular weight excluding hydrogens is 512 g/mol. The van der Waals surface area contributed by atoms with Crippen molar-refractivity contribution >= 4 is 39.5 Å². The van der Waals surface area contributed by atoms with Crippen molar-refractivity contribution in [1.29, 1.82) is 0 Å². The average molecular weight is 537 g/mol. The van der Waals surface area contributed by atoms with Crippen LogP contribution in [0.1, 0.15) is 11.1 Å². The van der Waals surface area contributed by atoms with Gasteiger partial charge in [-0.15, -0.1) is 0 Å². The van der Waals surface area contributed by atoms with Crippen LogP contribution in [0.25, 0.3) is 6.08 Å². The van der Waals surface area contributed by atoms with Crippen LogP contribution in [-0.4, -0.2) is 38.2 Å². The van der Waals surface area contributed by atoms with E-state index in [2.05, 4.69) is 21.4 Å². The van der Waals surface area contributed by atoms with Gasteiger partial charge in [-0.1, -0.05) is 52.3 Å². The minimum Gasteiger partial charge on any atom is -0.491 e. The van der Waals surface area contributed by atoms with Crippen LogP contribution < -0.4 is 19.9 Å². The number of ether oxygens (including phenoxy) is 3. The molecule has 0 atom stereocenters. The number of hydrogen-bond donors (Lipinski definition) is 1. The normalized spacial score (nSPS) is 14.3. The van der Waals surface area contributed by atoms with Crippen LogP contribution in [0.15, 0.2) is 82.8 Å². The van der Waals surface area contributed by atoms with E-state index in [0.717, 1.165) is 15.8 Å². The number of hydrazine groups is 1. The Hall–Kier alpha value is -3.62. The lowest BCUT2D eigenvalue weighted by Gasteiger charge is -2.14. The molecule has 8 heteroatoms. The van der Waals surface area contributed by atoms with Crippen molar-refractivity contribution in [3.8, 4) is 11.5 Å². The van der Waals surface area contributed by atoms with Crippen LogP contribution in [0.4, 0.5) is 5.69 Å². The lowest BCUT2D eigenvalue weighted by Crippen LogP contribution is -2.35. The third-order valence-corrected chi connectivity index (χ3v) is 5.73. The van der Waals surface area contributed by atoms with Gasteiger partial charge in [-0.2, -0.15) is 0 Å². The number of halogens is 1. The first-order valence-electron chi connectivity index (χ1n) is 11.1. The summed E-state index contributed by atoms with van der Waals surface area (Å²) in [7, 11) is 0. The van der Waals surface area contributed by atoms with Gasteiger partial charge < -0.3 is 14.2 Å². The van der Waals surface area contributed by atoms with E-state index in [0.29, 0.717) is 43.4 Å². The first kappa shape index (κ1) is 24.5. The molecule has 7 nitrogen and oxygen atoms in total. The maximum absolute atomic E-state index is 12.9. The highest BCUT2D eigenvalue weighted by atomic mass is 79.9. The first-order chi connectivity index (χ1) is 17.0. The number of amides is 2. The van der Waals surface area contributed by atoms with E-state index in [1.165, 1.54) is 11.1 Å². The summed E-state index contributed by atoms with van der Waals surface area (Å²) >= 11 is 3.44. The first-order valence-corrected chi connectivity index (χ1v) is 11.9. The van der Waals surface area contributed by atoms with Gasteiger partial charge in [0, 0.05) is 10.0 Å². The Morgan fingerprint density at radius 2 is 1.54 bits per heavy atom. The zero-order chi connectivity index (χ0) is 24.6. The minimum atomic E-state index is -0.471. The number of carbonyl (C=O) groups excluding carboxylic acids is 2. The lowest BCUT2D eigenvalue weighted by molar-refractivity contribution is -0.117. The van der Waals surface area contributed by atoms with E-state index >= 15 is 0 Å². The average Bonchev–Trinajstić information content (AvgIpc) is 3.14. The van der Waals surface area contributed by atoms with Gasteiger partial charge in [-0.25, -0.2) is 5.01 Å². The Morgan fingerprint density at radius 3 is 2.29 bits per heavy atom. The van der Waals surface area contributed by atoms with E-state index < -0.39 is 11.8 Å². The summed E-state index contributed by atoms with van der Waals surface area (Å²) in [6.45, 7) is 3.54. The molecule has 1 N–H and O–H groups in total. The van der Waals surface area contributed by atoms with E-state index in [-0.39, 0.29) is 5.57 Å². The molecule has 0 aliphatic carbocycles. The van der Waals surface area contributed by atoms with Crippen LogP contribution in [0.2, 0.25) is 0 Å². The smallest absolute Gasteiger partial charge is 0.282 e. The van der Waals surface area contributed by atoms with Gasteiger partial charge in [0.2, 0.25) is 0 Å². The van der Waals surface area contributed by atoms with Crippen molar-refractivity contribution in [3.63, 3.8) is 0 Å². The molecule has 3 aromatic carbocycles. The Morgan fingerprint density at radius 1 is 0.857 bits per heavy atom. The number of hydrogen-bond acceptors (Lipinski definition) is 5. The fourth-order valence-corrected chi connectivity index (χ4v) is 3.86. The van der Waals surface area contributed by atoms with Gasteiger partial charge in [0.15, 0.2) is 0 Å². The zero-order valence-corrected chi connectivity index (χ0v) is 20.8. The predicted octanol–water partition coefficient (Wildman–Crippen LogP) is 4.69. The summed E-state index contributed by atoms with van der Waals surface area (Å²) in [6, 6.07) is 22.2. The Labute approximate surface area is 212 Å². The monoisotopic (exact) mass is 536 g/mol. The van der Waals surface area contributed by atoms with Gasteiger partial charge in [-0.05, 0) is 55.0 Å². The number of nitrogens with one attached hydrogen (secondary N) is 1. The van der Waals surface area contributed by atoms with Crippen LogP contribution in [0.3, 0.4) is 0 Å². The molecule has 1 fully saturated rings. The Bertz CT molecular complexity index is 1230. The number of anilines is 1. The number of benzene rings is 3. The molecule has 1 heterocycles. The van der Waals surface area contributed by atoms with E-state index in [1.807, 2.05) is 43.3 Å². The molecule has 0 aromatic heterocycles. The number of carbonyl (C=O) groups is 2. The molecule has 0 spiro atoms. The molecule has 2 amide bonds. The van der Waals surface area contributed by atoms with Gasteiger partial charge in [0.1, 0.15) is 30.3 Å². The number of rotatable bonds is 10. The molecule has 0 saturated carbocycles. The third kappa shape index (κ3) is 6.29. The Balaban J connectivity index is 1.33. The quantitative estimate of drug-likeness (QED) is 0.231. The Kier molecular flexibility index (Phi) is 8.18. The maximum atomic E-state index is 12.9. The summed E-state index contributed by atoms with van der Waals surface area (Å²) in [5.41, 5.74) is 4.90. The van der Waals surface area contributed by atoms with Gasteiger partial charge in [-0.3, -0.25) is 15.0 Å². The highest BCUT2D eigenvalue weighted by molar-refractivity contribution is 9.10. The van der Waals surface area contributed by atoms with Gasteiger partial charge in [0.05, 0.1) is 18.9 Å². The number of aryl methyl sites for hydroxylation is 1. The summed E-state index contributed by atoms with van der Waals surface area (Å²) in [6.07, 6.45) is 1.54. The van der Waals surface area contributed by atoms with Crippen molar-refractivity contribution in [2.24, 2.45) is 0 Å². The summed E-state index contributed by atoms with van der Waals surface area (Å²) < 4.78 is 18.0. The molecule has 35 heavy (non-hydrogen) atoms. The van der Waals surface area contributed by atoms with Crippen molar-refractivity contribution in [2.45, 2.75) is 6.92 Å². The van der Waals surface area contributed by atoms with Crippen LogP contribution in [0.5, 0.6) is 11.5 Å². The van der Waals surface area contributed by atoms with Crippen molar-refractivity contribution in [1.82, 2.24) is 5.43 Å². The molecule has 0 bridgehead atoms. The summed E-state index contributed by atoms with van der Waals surface area (Å²) in [5.74, 6) is 0.487. The molecule has 4 rings (SSSR count). The van der Waals surface area contributed by atoms with Crippen LogP contribution in [0, 0.1) is 6.92 Å². The standard InChI is InChI=1S/C27H25BrN2O5/c1-19-7-5-6-10-24(19)34-15-13-33-14-16-35-25-12-11-21(28)17-20(25)18-23-26(31)29-30(27(23)32)22-8-3-2-4-9-22/h2-12,17-18H,13-16H2,1H3,(H,29,31)/b23-18+. The molecule has 3 aromatic rings. The second-order valence-electron chi connectivity index (χ2n) is 7.73. The van der Waals surface area contributed by atoms with Crippen LogP contribution in [-0.2, 0) is 14.3 Å². The van der Waals surface area contributed by atoms with E-state index in [9.17, 15) is 9.59 Å². The molecular formula is C27H25BrN2O5. The highest BCUT2D eigenvalue weighted by Crippen LogP contribution is 2.28. The molecule has 180 valence electrons. The molecule has 1 aliphatic rings. The molecule has 1 aliphatic heterocycles. The minimum absolute atomic E-state index is 0.0291. The van der Waals surface area contributed by atoms with Gasteiger partial charge >= 0.3 is 0 Å². The van der Waals surface area contributed by atoms with Crippen molar-refractivity contribution in [2.75, 3.05) is 31.4 Å². The third-order valence-electron chi connectivity index (χ3n) is 5.24. The fourth-order valence-electron chi connectivity index (χ4n) is 3.48. The fraction of sp³-hybridized carbons (Fsp3) is 0.185. The number of nitrogens with zero attached hydrogens (tertiary/aromatic N) is 1. The summed E-state index contributed by atoms with van der Waals surface area (Å²) in [5, 5.41) is 1.24. The van der Waals surface area contributed by atoms with Crippen LogP contribution >= 0.6 is 15.9 Å². The van der Waals surface area contributed by atoms with E-state index in [4.69, 9.17) is 14.2 Å². The molecule has 1 saturated heterocycles. The second kappa shape index (κ2) is 11.7. The van der Waals surface area contributed by atoms with Crippen molar-refractivity contribution in [3.05, 3.63) is 94.0 Å². The largest absolute Gasteiger partial charge is 0.491 e. The maximum Gasteiger partial charge on any atom is 0.282 e. The SMILES string of the molecule is Cc1ccccc1OCCOCCOc1ccc(Br)cc1/C=C1\C(=O)NN(c2ccccc2)C1=O. The van der Waals surface area contributed by atoms with Crippen molar-refractivity contribution < 1.29 is 23.8 Å². The van der Waals surface area contributed by atoms with E-state index in [1.54, 1.807) is 36.4 Å².